The van der Waals surface area contributed by atoms with Crippen molar-refractivity contribution in [2.75, 3.05) is 12.4 Å². The Bertz CT molecular complexity index is 655. The van der Waals surface area contributed by atoms with E-state index in [1.165, 1.54) is 7.11 Å². The first-order valence-electron chi connectivity index (χ1n) is 6.28. The Labute approximate surface area is 113 Å². The van der Waals surface area contributed by atoms with Gasteiger partial charge in [-0.3, -0.25) is 4.98 Å². The largest absolute Gasteiger partial charge is 0.496 e. The number of aromatic nitrogens is 1. The Morgan fingerprint density at radius 3 is 2.90 bits per heavy atom. The Balaban J connectivity index is 2.18. The van der Waals surface area contributed by atoms with Crippen LogP contribution in [0, 0.1) is 0 Å². The van der Waals surface area contributed by atoms with Gasteiger partial charge in [0.25, 0.3) is 0 Å². The fourth-order valence-electron chi connectivity index (χ4n) is 2.60. The minimum absolute atomic E-state index is 0.00516. The predicted octanol–water partition coefficient (Wildman–Crippen LogP) is 3.53. The van der Waals surface area contributed by atoms with Crippen molar-refractivity contribution in [3.8, 4) is 5.75 Å². The Morgan fingerprint density at radius 1 is 1.40 bits per heavy atom. The van der Waals surface area contributed by atoms with Crippen LogP contribution in [0.1, 0.15) is 12.0 Å². The second kappa shape index (κ2) is 4.54. The first kappa shape index (κ1) is 13.0. The molecule has 0 saturated carbocycles. The lowest BCUT2D eigenvalue weighted by molar-refractivity contribution is -0.144. The predicted molar refractivity (Wildman–Crippen MR) is 70.1 cm³/mol. The van der Waals surface area contributed by atoms with Gasteiger partial charge in [0.15, 0.2) is 0 Å². The quantitative estimate of drug-likeness (QED) is 0.868. The monoisotopic (exact) mass is 282 g/mol. The van der Waals surface area contributed by atoms with Crippen LogP contribution in [0.4, 0.5) is 18.9 Å². The third kappa shape index (κ3) is 2.05. The highest BCUT2D eigenvalue weighted by molar-refractivity contribution is 5.94. The first-order valence-corrected chi connectivity index (χ1v) is 6.28. The lowest BCUT2D eigenvalue weighted by Gasteiger charge is -2.30. The van der Waals surface area contributed by atoms with Crippen molar-refractivity contribution in [2.24, 2.45) is 0 Å². The molecule has 2 heterocycles. The van der Waals surface area contributed by atoms with E-state index < -0.39 is 12.2 Å². The van der Waals surface area contributed by atoms with E-state index in [9.17, 15) is 13.2 Å². The highest BCUT2D eigenvalue weighted by Gasteiger charge is 2.42. The molecule has 0 fully saturated rings. The minimum atomic E-state index is -4.26. The van der Waals surface area contributed by atoms with Gasteiger partial charge in [-0.15, -0.1) is 0 Å². The number of fused-ring (bicyclic) bond motifs is 3. The van der Waals surface area contributed by atoms with E-state index in [2.05, 4.69) is 10.3 Å². The molecular weight excluding hydrogens is 269 g/mol. The van der Waals surface area contributed by atoms with Crippen molar-refractivity contribution in [1.82, 2.24) is 4.98 Å². The smallest absolute Gasteiger partial charge is 0.408 e. The molecule has 0 aliphatic carbocycles. The summed E-state index contributed by atoms with van der Waals surface area (Å²) in [6, 6.07) is 3.84. The van der Waals surface area contributed by atoms with Crippen LogP contribution in [-0.2, 0) is 6.42 Å². The number of nitrogens with zero attached hydrogens (tertiary/aromatic N) is 1. The minimum Gasteiger partial charge on any atom is -0.496 e. The Hall–Kier alpha value is -1.98. The number of anilines is 1. The second-order valence-electron chi connectivity index (χ2n) is 4.78. The third-order valence-electron chi connectivity index (χ3n) is 3.58. The summed E-state index contributed by atoms with van der Waals surface area (Å²) in [5.41, 5.74) is 1.75. The van der Waals surface area contributed by atoms with Gasteiger partial charge in [-0.05, 0) is 25.0 Å². The van der Waals surface area contributed by atoms with Gasteiger partial charge in [0, 0.05) is 17.1 Å². The van der Waals surface area contributed by atoms with Crippen molar-refractivity contribution >= 4 is 16.6 Å². The molecular formula is C14H13F3N2O. The molecule has 1 aliphatic heterocycles. The summed E-state index contributed by atoms with van der Waals surface area (Å²) in [6.07, 6.45) is -2.36. The number of halogens is 3. The van der Waals surface area contributed by atoms with E-state index in [4.69, 9.17) is 4.74 Å². The van der Waals surface area contributed by atoms with Crippen molar-refractivity contribution in [2.45, 2.75) is 25.1 Å². The summed E-state index contributed by atoms with van der Waals surface area (Å²) < 4.78 is 44.0. The molecule has 0 bridgehead atoms. The maximum absolute atomic E-state index is 12.9. The normalized spacial score (nSPS) is 18.5. The van der Waals surface area contributed by atoms with Crippen molar-refractivity contribution < 1.29 is 17.9 Å². The van der Waals surface area contributed by atoms with E-state index in [0.717, 1.165) is 10.9 Å². The van der Waals surface area contributed by atoms with Gasteiger partial charge < -0.3 is 10.1 Å². The average Bonchev–Trinajstić information content (AvgIpc) is 2.44. The van der Waals surface area contributed by atoms with Gasteiger partial charge in [-0.25, -0.2) is 0 Å². The van der Waals surface area contributed by atoms with Gasteiger partial charge in [0.2, 0.25) is 0 Å². The second-order valence-corrected chi connectivity index (χ2v) is 4.78. The molecule has 2 aromatic rings. The summed E-state index contributed by atoms with van der Waals surface area (Å²) in [6.45, 7) is 0. The lowest BCUT2D eigenvalue weighted by atomic mass is 9.95. The van der Waals surface area contributed by atoms with Gasteiger partial charge in [0.05, 0.1) is 18.3 Å². The zero-order valence-corrected chi connectivity index (χ0v) is 10.8. The number of benzene rings is 1. The number of ether oxygens (including phenoxy) is 1. The maximum Gasteiger partial charge on any atom is 0.408 e. The highest BCUT2D eigenvalue weighted by Crippen LogP contribution is 2.41. The Morgan fingerprint density at radius 2 is 2.20 bits per heavy atom. The van der Waals surface area contributed by atoms with Crippen molar-refractivity contribution in [3.63, 3.8) is 0 Å². The topological polar surface area (TPSA) is 34.1 Å². The summed E-state index contributed by atoms with van der Waals surface area (Å²) in [7, 11) is 1.52. The van der Waals surface area contributed by atoms with Crippen LogP contribution in [0.15, 0.2) is 24.4 Å². The van der Waals surface area contributed by atoms with Gasteiger partial charge in [-0.1, -0.05) is 6.07 Å². The fourth-order valence-corrected chi connectivity index (χ4v) is 2.60. The summed E-state index contributed by atoms with van der Waals surface area (Å²) in [5, 5.41) is 3.35. The fraction of sp³-hybridized carbons (Fsp3) is 0.357. The number of pyridine rings is 1. The lowest BCUT2D eigenvalue weighted by Crippen LogP contribution is -2.39. The van der Waals surface area contributed by atoms with Crippen LogP contribution >= 0.6 is 0 Å². The molecule has 3 rings (SSSR count). The molecule has 3 nitrogen and oxygen atoms in total. The zero-order chi connectivity index (χ0) is 14.3. The molecule has 106 valence electrons. The van der Waals surface area contributed by atoms with E-state index in [1.807, 2.05) is 12.1 Å². The highest BCUT2D eigenvalue weighted by atomic mass is 19.4. The van der Waals surface area contributed by atoms with Crippen LogP contribution < -0.4 is 10.1 Å². The van der Waals surface area contributed by atoms with Gasteiger partial charge in [0.1, 0.15) is 11.8 Å². The van der Waals surface area contributed by atoms with Crippen LogP contribution in [0.25, 0.3) is 10.9 Å². The molecule has 20 heavy (non-hydrogen) atoms. The molecule has 0 saturated heterocycles. The van der Waals surface area contributed by atoms with Crippen LogP contribution in [0.2, 0.25) is 0 Å². The van der Waals surface area contributed by atoms with E-state index in [1.54, 1.807) is 12.3 Å². The maximum atomic E-state index is 12.9. The molecule has 1 aliphatic rings. The molecule has 1 N–H and O–H groups in total. The molecule has 1 unspecified atom stereocenters. The molecule has 6 heteroatoms. The molecule has 1 atom stereocenters. The van der Waals surface area contributed by atoms with Crippen LogP contribution in [0.5, 0.6) is 5.75 Å². The Kier molecular flexibility index (Phi) is 2.96. The zero-order valence-electron chi connectivity index (χ0n) is 10.8. The molecule has 1 aromatic heterocycles. The number of hydrogen-bond donors (Lipinski definition) is 1. The van der Waals surface area contributed by atoms with Gasteiger partial charge in [-0.2, -0.15) is 13.2 Å². The molecule has 1 aromatic carbocycles. The third-order valence-corrected chi connectivity index (χ3v) is 3.58. The number of rotatable bonds is 1. The van der Waals surface area contributed by atoms with E-state index in [-0.39, 0.29) is 6.42 Å². The molecule has 0 spiro atoms. The summed E-state index contributed by atoms with van der Waals surface area (Å²) >= 11 is 0. The summed E-state index contributed by atoms with van der Waals surface area (Å²) in [5.74, 6) is 0.605. The van der Waals surface area contributed by atoms with E-state index in [0.29, 0.717) is 23.4 Å². The van der Waals surface area contributed by atoms with E-state index >= 15 is 0 Å². The average molecular weight is 282 g/mol. The molecule has 0 radical (unpaired) electrons. The molecule has 0 amide bonds. The van der Waals surface area contributed by atoms with Crippen molar-refractivity contribution in [1.29, 1.82) is 0 Å². The number of hydrogen-bond acceptors (Lipinski definition) is 3. The summed E-state index contributed by atoms with van der Waals surface area (Å²) in [4.78, 5) is 4.20. The van der Waals surface area contributed by atoms with Crippen molar-refractivity contribution in [3.05, 3.63) is 30.0 Å². The number of nitrogens with one attached hydrogen (secondary N) is 1. The van der Waals surface area contributed by atoms with Crippen LogP contribution in [-0.4, -0.2) is 24.3 Å². The number of methoxy groups -OCH3 is 1. The standard InChI is InChI=1S/C14H13F3N2O/c1-20-10-7-8-3-2-6-18-12(8)13-9(10)4-5-11(19-13)14(15,16)17/h2-3,6-7,11,19H,4-5H2,1H3. The van der Waals surface area contributed by atoms with Gasteiger partial charge >= 0.3 is 6.18 Å². The number of alkyl halides is 3. The van der Waals surface area contributed by atoms with Crippen LogP contribution in [0.3, 0.4) is 0 Å². The SMILES string of the molecule is COc1cc2cccnc2c2c1CCC(C(F)(F)F)N2. The first-order chi connectivity index (χ1) is 9.50.